The standard InChI is InChI=1S/C44H51N5O7Si/c1-29(2)57(30(3)4,38-23-13-32(14-24-38)26-46-48-45)56-39-25-41(49-27-31(5)42(50)47-43(49)51)55-40(39)28-54-44(33-11-9-8-10-12-33,34-15-19-36(52-6)20-16-34)35-17-21-37(53-7)22-18-35/h8-24,27,29-30,39-41H,25-26,28H2,1-7H3,(H,47,50,51)/t39-,40+,41+/m0/s1. The minimum atomic E-state index is -2.85. The van der Waals surface area contributed by atoms with E-state index in [-0.39, 0.29) is 24.2 Å². The van der Waals surface area contributed by atoms with Gasteiger partial charge in [-0.05, 0) is 75.2 Å². The SMILES string of the molecule is COc1ccc(C(OC[C@H]2O[C@@H](n3cc(C)c(=O)[nH]c3=O)C[C@@H]2O[Si](c2ccc(CN=[N+]=[N-])cc2)(C(C)C)C(C)C)(c2ccccc2)c2ccc(OC)cc2)cc1. The number of benzene rings is 4. The molecule has 12 nitrogen and oxygen atoms in total. The Morgan fingerprint density at radius 2 is 1.42 bits per heavy atom. The van der Waals surface area contributed by atoms with E-state index in [0.717, 1.165) is 27.4 Å². The van der Waals surface area contributed by atoms with E-state index in [4.69, 9.17) is 28.9 Å². The number of azide groups is 1. The number of hydrogen-bond donors (Lipinski definition) is 1. The summed E-state index contributed by atoms with van der Waals surface area (Å²) in [6.07, 6.45) is 0.00652. The Hall–Kier alpha value is -5.43. The molecule has 57 heavy (non-hydrogen) atoms. The summed E-state index contributed by atoms with van der Waals surface area (Å²) in [4.78, 5) is 31.1. The fraction of sp³-hybridized carbons (Fsp3) is 0.364. The van der Waals surface area contributed by atoms with Gasteiger partial charge in [-0.2, -0.15) is 0 Å². The molecule has 0 aliphatic carbocycles. The van der Waals surface area contributed by atoms with Gasteiger partial charge < -0.3 is 23.4 Å². The van der Waals surface area contributed by atoms with E-state index in [1.54, 1.807) is 27.3 Å². The number of ether oxygens (including phenoxy) is 4. The summed E-state index contributed by atoms with van der Waals surface area (Å²) < 4.78 is 34.3. The van der Waals surface area contributed by atoms with Gasteiger partial charge in [0.25, 0.3) is 5.56 Å². The number of aryl methyl sites for hydroxylation is 1. The molecule has 0 bridgehead atoms. The molecular weight excluding hydrogens is 739 g/mol. The van der Waals surface area contributed by atoms with Gasteiger partial charge in [-0.3, -0.25) is 14.3 Å². The smallest absolute Gasteiger partial charge is 0.330 e. The van der Waals surface area contributed by atoms with Crippen LogP contribution in [0.3, 0.4) is 0 Å². The molecule has 298 valence electrons. The van der Waals surface area contributed by atoms with E-state index in [0.29, 0.717) is 23.5 Å². The first-order valence-electron chi connectivity index (χ1n) is 19.2. The quantitative estimate of drug-likeness (QED) is 0.0350. The van der Waals surface area contributed by atoms with Crippen molar-refractivity contribution in [2.75, 3.05) is 20.8 Å². The largest absolute Gasteiger partial charge is 0.497 e. The van der Waals surface area contributed by atoms with Crippen molar-refractivity contribution in [1.29, 1.82) is 0 Å². The lowest BCUT2D eigenvalue weighted by atomic mass is 9.80. The fourth-order valence-electron chi connectivity index (χ4n) is 8.13. The Morgan fingerprint density at radius 1 is 0.860 bits per heavy atom. The Kier molecular flexibility index (Phi) is 12.9. The average molecular weight is 790 g/mol. The van der Waals surface area contributed by atoms with Crippen LogP contribution in [0, 0.1) is 6.92 Å². The van der Waals surface area contributed by atoms with Crippen LogP contribution in [0.2, 0.25) is 11.1 Å². The number of hydrogen-bond acceptors (Lipinski definition) is 8. The lowest BCUT2D eigenvalue weighted by Crippen LogP contribution is -2.59. The lowest BCUT2D eigenvalue weighted by molar-refractivity contribution is -0.0927. The Morgan fingerprint density at radius 3 is 1.95 bits per heavy atom. The molecule has 0 unspecified atom stereocenters. The summed E-state index contributed by atoms with van der Waals surface area (Å²) >= 11 is 0. The molecule has 1 aliphatic rings. The van der Waals surface area contributed by atoms with Gasteiger partial charge in [-0.25, -0.2) is 4.79 Å². The highest BCUT2D eigenvalue weighted by atomic mass is 28.4. The zero-order valence-corrected chi connectivity index (χ0v) is 34.5. The maximum atomic E-state index is 13.3. The second-order valence-corrected chi connectivity index (χ2v) is 19.7. The van der Waals surface area contributed by atoms with E-state index in [2.05, 4.69) is 54.8 Å². The molecule has 0 saturated carbocycles. The van der Waals surface area contributed by atoms with Gasteiger partial charge in [0, 0.05) is 23.1 Å². The van der Waals surface area contributed by atoms with Gasteiger partial charge >= 0.3 is 5.69 Å². The second kappa shape index (κ2) is 17.8. The van der Waals surface area contributed by atoms with Crippen LogP contribution in [-0.4, -0.2) is 50.9 Å². The van der Waals surface area contributed by atoms with Crippen molar-refractivity contribution in [3.8, 4) is 11.5 Å². The van der Waals surface area contributed by atoms with Gasteiger partial charge in [0.1, 0.15) is 29.4 Å². The number of nitrogens with zero attached hydrogens (tertiary/aromatic N) is 4. The molecule has 4 aromatic carbocycles. The minimum absolute atomic E-state index is 0.0803. The molecule has 1 saturated heterocycles. The predicted molar refractivity (Wildman–Crippen MR) is 223 cm³/mol. The van der Waals surface area contributed by atoms with Gasteiger partial charge in [0.2, 0.25) is 8.32 Å². The van der Waals surface area contributed by atoms with Crippen molar-refractivity contribution >= 4 is 13.5 Å². The van der Waals surface area contributed by atoms with Crippen molar-refractivity contribution in [2.45, 2.75) is 82.7 Å². The highest BCUT2D eigenvalue weighted by molar-refractivity contribution is 6.88. The summed E-state index contributed by atoms with van der Waals surface area (Å²) in [7, 11) is 0.423. The number of rotatable bonds is 16. The monoisotopic (exact) mass is 789 g/mol. The van der Waals surface area contributed by atoms with Crippen LogP contribution in [-0.2, 0) is 26.0 Å². The minimum Gasteiger partial charge on any atom is -0.497 e. The van der Waals surface area contributed by atoms with Crippen LogP contribution in [0.4, 0.5) is 0 Å². The van der Waals surface area contributed by atoms with Crippen molar-refractivity contribution in [2.24, 2.45) is 5.11 Å². The third-order valence-electron chi connectivity index (χ3n) is 11.1. The topological polar surface area (TPSA) is 150 Å². The van der Waals surface area contributed by atoms with Crippen LogP contribution < -0.4 is 25.9 Å². The average Bonchev–Trinajstić information content (AvgIpc) is 3.63. The van der Waals surface area contributed by atoms with Crippen LogP contribution in [0.15, 0.2) is 124 Å². The fourth-order valence-corrected chi connectivity index (χ4v) is 12.9. The third kappa shape index (κ3) is 8.34. The Bertz CT molecular complexity index is 2210. The molecule has 6 rings (SSSR count). The molecule has 0 amide bonds. The van der Waals surface area contributed by atoms with Gasteiger partial charge in [-0.15, -0.1) is 0 Å². The van der Waals surface area contributed by atoms with Crippen molar-refractivity contribution < 1.29 is 23.4 Å². The van der Waals surface area contributed by atoms with Crippen LogP contribution >= 0.6 is 0 Å². The van der Waals surface area contributed by atoms with Crippen molar-refractivity contribution in [3.63, 3.8) is 0 Å². The highest BCUT2D eigenvalue weighted by Gasteiger charge is 2.50. The molecular formula is C44H51N5O7Si. The first-order valence-corrected chi connectivity index (χ1v) is 21.3. The maximum Gasteiger partial charge on any atom is 0.330 e. The Balaban J connectivity index is 1.47. The van der Waals surface area contributed by atoms with Crippen molar-refractivity contribution in [3.05, 3.63) is 168 Å². The predicted octanol–water partition coefficient (Wildman–Crippen LogP) is 8.03. The van der Waals surface area contributed by atoms with E-state index in [1.165, 1.54) is 4.57 Å². The zero-order valence-electron chi connectivity index (χ0n) is 33.5. The van der Waals surface area contributed by atoms with E-state index in [9.17, 15) is 9.59 Å². The summed E-state index contributed by atoms with van der Waals surface area (Å²) in [5, 5.41) is 4.85. The molecule has 5 aromatic rings. The molecule has 1 aromatic heterocycles. The number of aromatic amines is 1. The molecule has 3 atom stereocenters. The summed E-state index contributed by atoms with van der Waals surface area (Å²) in [5.74, 6) is 1.42. The summed E-state index contributed by atoms with van der Waals surface area (Å²) in [6, 6.07) is 33.9. The first-order chi connectivity index (χ1) is 27.5. The number of aromatic nitrogens is 2. The van der Waals surface area contributed by atoms with Crippen LogP contribution in [0.5, 0.6) is 11.5 Å². The van der Waals surface area contributed by atoms with Crippen LogP contribution in [0.25, 0.3) is 10.4 Å². The van der Waals surface area contributed by atoms with Crippen LogP contribution in [0.1, 0.15) is 68.2 Å². The van der Waals surface area contributed by atoms with Gasteiger partial charge in [0.05, 0.1) is 33.5 Å². The van der Waals surface area contributed by atoms with E-state index < -0.39 is 43.6 Å². The third-order valence-corrected chi connectivity index (χ3v) is 16.4. The molecule has 1 fully saturated rings. The maximum absolute atomic E-state index is 13.3. The molecule has 0 spiro atoms. The zero-order chi connectivity index (χ0) is 40.7. The molecule has 1 N–H and O–H groups in total. The summed E-state index contributed by atoms with van der Waals surface area (Å²) in [5.41, 5.74) is 11.0. The molecule has 1 aliphatic heterocycles. The summed E-state index contributed by atoms with van der Waals surface area (Å²) in [6.45, 7) is 10.8. The second-order valence-electron chi connectivity index (χ2n) is 15.0. The number of nitrogens with one attached hydrogen (secondary N) is 1. The highest BCUT2D eigenvalue weighted by Crippen LogP contribution is 2.44. The number of H-pyrrole nitrogens is 1. The Labute approximate surface area is 334 Å². The van der Waals surface area contributed by atoms with Gasteiger partial charge in [0.15, 0.2) is 0 Å². The van der Waals surface area contributed by atoms with E-state index >= 15 is 0 Å². The number of methoxy groups -OCH3 is 2. The molecule has 13 heteroatoms. The lowest BCUT2D eigenvalue weighted by Gasteiger charge is -2.42. The first kappa shape index (κ1) is 41.2. The normalized spacial score (nSPS) is 17.1. The molecule has 2 heterocycles. The van der Waals surface area contributed by atoms with Gasteiger partial charge in [-0.1, -0.05) is 112 Å². The van der Waals surface area contributed by atoms with E-state index in [1.807, 2.05) is 91.0 Å². The van der Waals surface area contributed by atoms with Crippen molar-refractivity contribution in [1.82, 2.24) is 9.55 Å². The molecule has 0 radical (unpaired) electrons.